The predicted molar refractivity (Wildman–Crippen MR) is 122 cm³/mol. The smallest absolute Gasteiger partial charge is 0.337 e. The molecule has 32 heavy (non-hydrogen) atoms. The fourth-order valence-electron chi connectivity index (χ4n) is 5.03. The van der Waals surface area contributed by atoms with Crippen molar-refractivity contribution in [3.05, 3.63) is 70.9 Å². The number of para-hydroxylation sites is 1. The first-order valence-corrected chi connectivity index (χ1v) is 11.3. The average Bonchev–Trinajstić information content (AvgIpc) is 3.15. The molecule has 6 heteroatoms. The molecule has 2 aliphatic rings. The molecule has 0 spiro atoms. The molecule has 1 fully saturated rings. The number of hydrogen-bond acceptors (Lipinski definition) is 5. The van der Waals surface area contributed by atoms with Gasteiger partial charge in [-0.2, -0.15) is 0 Å². The standard InChI is InChI=1S/C26H28N2O4/c1-31-26(30)19-8-6-18(7-9-19)16-28-22-5-3-2-4-21(22)24-23(28)11-10-20(25(24)29)17-27-12-14-32-15-13-27/h2-9,20H,10-17H2,1H3. The maximum Gasteiger partial charge on any atom is 0.337 e. The Morgan fingerprint density at radius 2 is 1.84 bits per heavy atom. The zero-order chi connectivity index (χ0) is 22.1. The van der Waals surface area contributed by atoms with Gasteiger partial charge in [-0.25, -0.2) is 4.79 Å². The summed E-state index contributed by atoms with van der Waals surface area (Å²) in [5.74, 6) is -0.0230. The van der Waals surface area contributed by atoms with Crippen LogP contribution in [0.4, 0.5) is 0 Å². The van der Waals surface area contributed by atoms with Crippen molar-refractivity contribution in [1.82, 2.24) is 9.47 Å². The Kier molecular flexibility index (Phi) is 5.81. The molecule has 2 heterocycles. The zero-order valence-electron chi connectivity index (χ0n) is 18.4. The molecule has 0 bridgehead atoms. The van der Waals surface area contributed by atoms with Gasteiger partial charge in [0, 0.05) is 54.3 Å². The van der Waals surface area contributed by atoms with Crippen LogP contribution in [0, 0.1) is 5.92 Å². The molecule has 1 saturated heterocycles. The second-order valence-corrected chi connectivity index (χ2v) is 8.63. The Bertz CT molecular complexity index is 1140. The summed E-state index contributed by atoms with van der Waals surface area (Å²) in [5, 5.41) is 1.05. The van der Waals surface area contributed by atoms with Crippen LogP contribution < -0.4 is 0 Å². The van der Waals surface area contributed by atoms with Crippen molar-refractivity contribution in [2.24, 2.45) is 5.92 Å². The second-order valence-electron chi connectivity index (χ2n) is 8.63. The van der Waals surface area contributed by atoms with Crippen LogP contribution >= 0.6 is 0 Å². The maximum absolute atomic E-state index is 13.6. The van der Waals surface area contributed by atoms with E-state index in [4.69, 9.17) is 9.47 Å². The van der Waals surface area contributed by atoms with Crippen molar-refractivity contribution in [3.63, 3.8) is 0 Å². The first kappa shape index (κ1) is 20.9. The van der Waals surface area contributed by atoms with E-state index in [1.165, 1.54) is 7.11 Å². The highest BCUT2D eigenvalue weighted by molar-refractivity contribution is 6.11. The van der Waals surface area contributed by atoms with E-state index in [9.17, 15) is 9.59 Å². The van der Waals surface area contributed by atoms with Crippen molar-refractivity contribution < 1.29 is 19.1 Å². The summed E-state index contributed by atoms with van der Waals surface area (Å²) >= 11 is 0. The fourth-order valence-corrected chi connectivity index (χ4v) is 5.03. The van der Waals surface area contributed by atoms with Gasteiger partial charge in [0.2, 0.25) is 0 Å². The number of esters is 1. The third-order valence-electron chi connectivity index (χ3n) is 6.72. The third kappa shape index (κ3) is 3.85. The molecular weight excluding hydrogens is 404 g/mol. The van der Waals surface area contributed by atoms with Crippen LogP contribution in [0.3, 0.4) is 0 Å². The molecule has 6 nitrogen and oxygen atoms in total. The quantitative estimate of drug-likeness (QED) is 0.577. The lowest BCUT2D eigenvalue weighted by Gasteiger charge is -2.31. The minimum atomic E-state index is -0.336. The third-order valence-corrected chi connectivity index (χ3v) is 6.72. The van der Waals surface area contributed by atoms with Crippen LogP contribution in [0.1, 0.15) is 38.4 Å². The molecule has 2 aromatic carbocycles. The van der Waals surface area contributed by atoms with Gasteiger partial charge >= 0.3 is 5.97 Å². The molecule has 1 aliphatic heterocycles. The topological polar surface area (TPSA) is 60.8 Å². The second kappa shape index (κ2) is 8.88. The van der Waals surface area contributed by atoms with Crippen molar-refractivity contribution >= 4 is 22.7 Å². The van der Waals surface area contributed by atoms with Crippen LogP contribution in [0.2, 0.25) is 0 Å². The minimum absolute atomic E-state index is 0.0409. The maximum atomic E-state index is 13.6. The van der Waals surface area contributed by atoms with E-state index < -0.39 is 0 Å². The van der Waals surface area contributed by atoms with E-state index in [0.717, 1.165) is 73.4 Å². The van der Waals surface area contributed by atoms with Gasteiger partial charge in [-0.1, -0.05) is 30.3 Å². The number of morpholine rings is 1. The first-order chi connectivity index (χ1) is 15.7. The highest BCUT2D eigenvalue weighted by Crippen LogP contribution is 2.35. The average molecular weight is 433 g/mol. The molecule has 0 radical (unpaired) electrons. The molecule has 3 aromatic rings. The number of fused-ring (bicyclic) bond motifs is 3. The van der Waals surface area contributed by atoms with Crippen LogP contribution in [0.15, 0.2) is 48.5 Å². The molecule has 1 aliphatic carbocycles. The number of rotatable bonds is 5. The van der Waals surface area contributed by atoms with Gasteiger partial charge in [-0.3, -0.25) is 9.69 Å². The van der Waals surface area contributed by atoms with Gasteiger partial charge in [-0.05, 0) is 36.6 Å². The monoisotopic (exact) mass is 432 g/mol. The number of hydrogen-bond donors (Lipinski definition) is 0. The van der Waals surface area contributed by atoms with Gasteiger partial charge in [0.1, 0.15) is 0 Å². The molecule has 0 N–H and O–H groups in total. The van der Waals surface area contributed by atoms with E-state index in [1.807, 2.05) is 24.3 Å². The van der Waals surface area contributed by atoms with E-state index in [-0.39, 0.29) is 17.7 Å². The van der Waals surface area contributed by atoms with Crippen LogP contribution in [0.25, 0.3) is 10.9 Å². The number of ether oxygens (including phenoxy) is 2. The molecule has 1 unspecified atom stereocenters. The highest BCUT2D eigenvalue weighted by Gasteiger charge is 2.33. The minimum Gasteiger partial charge on any atom is -0.465 e. The first-order valence-electron chi connectivity index (χ1n) is 11.3. The highest BCUT2D eigenvalue weighted by atomic mass is 16.5. The lowest BCUT2D eigenvalue weighted by molar-refractivity contribution is 0.0291. The van der Waals surface area contributed by atoms with Crippen molar-refractivity contribution in [3.8, 4) is 0 Å². The number of aromatic nitrogens is 1. The summed E-state index contributed by atoms with van der Waals surface area (Å²) < 4.78 is 12.5. The zero-order valence-corrected chi connectivity index (χ0v) is 18.4. The molecule has 1 aromatic heterocycles. The lowest BCUT2D eigenvalue weighted by atomic mass is 9.84. The molecule has 166 valence electrons. The van der Waals surface area contributed by atoms with Crippen molar-refractivity contribution in [1.29, 1.82) is 0 Å². The van der Waals surface area contributed by atoms with E-state index >= 15 is 0 Å². The summed E-state index contributed by atoms with van der Waals surface area (Å²) in [4.78, 5) is 27.7. The van der Waals surface area contributed by atoms with Gasteiger partial charge in [0.05, 0.1) is 25.9 Å². The van der Waals surface area contributed by atoms with Crippen LogP contribution in [0.5, 0.6) is 0 Å². The Balaban J connectivity index is 1.46. The van der Waals surface area contributed by atoms with Gasteiger partial charge < -0.3 is 14.0 Å². The fraction of sp³-hybridized carbons (Fsp3) is 0.385. The summed E-state index contributed by atoms with van der Waals surface area (Å²) in [5.41, 5.74) is 4.75. The molecule has 0 amide bonds. The number of carbonyl (C=O) groups is 2. The largest absolute Gasteiger partial charge is 0.465 e. The predicted octanol–water partition coefficient (Wildman–Crippen LogP) is 3.55. The number of nitrogens with zero attached hydrogens (tertiary/aromatic N) is 2. The number of methoxy groups -OCH3 is 1. The Hall–Kier alpha value is -2.96. The van der Waals surface area contributed by atoms with Gasteiger partial charge in [0.25, 0.3) is 0 Å². The van der Waals surface area contributed by atoms with E-state index in [0.29, 0.717) is 12.1 Å². The van der Waals surface area contributed by atoms with Crippen LogP contribution in [-0.2, 0) is 22.4 Å². The van der Waals surface area contributed by atoms with Gasteiger partial charge in [0.15, 0.2) is 5.78 Å². The van der Waals surface area contributed by atoms with Crippen molar-refractivity contribution in [2.45, 2.75) is 19.4 Å². The summed E-state index contributed by atoms with van der Waals surface area (Å²) in [6.07, 6.45) is 1.77. The number of benzene rings is 2. The molecule has 5 rings (SSSR count). The van der Waals surface area contributed by atoms with Crippen LogP contribution in [-0.4, -0.2) is 61.2 Å². The number of Topliss-reactive ketones (excluding diaryl/α,β-unsaturated/α-hetero) is 1. The normalized spacial score (nSPS) is 19.2. The Labute approximate surface area is 187 Å². The SMILES string of the molecule is COC(=O)c1ccc(Cn2c3c(c4ccccc42)C(=O)C(CN2CCOCC2)CC3)cc1. The summed E-state index contributed by atoms with van der Waals surface area (Å²) in [6.45, 7) is 4.79. The van der Waals surface area contributed by atoms with Gasteiger partial charge in [-0.15, -0.1) is 0 Å². The lowest BCUT2D eigenvalue weighted by Crippen LogP contribution is -2.42. The molecular formula is C26H28N2O4. The van der Waals surface area contributed by atoms with E-state index in [2.05, 4.69) is 21.6 Å². The Morgan fingerprint density at radius 1 is 1.09 bits per heavy atom. The summed E-state index contributed by atoms with van der Waals surface area (Å²) in [7, 11) is 1.39. The number of carbonyl (C=O) groups excluding carboxylic acids is 2. The number of ketones is 1. The van der Waals surface area contributed by atoms with E-state index in [1.54, 1.807) is 12.1 Å². The Morgan fingerprint density at radius 3 is 2.59 bits per heavy atom. The summed E-state index contributed by atoms with van der Waals surface area (Å²) in [6, 6.07) is 15.7. The molecule has 0 saturated carbocycles. The van der Waals surface area contributed by atoms with Crippen molar-refractivity contribution in [2.75, 3.05) is 40.0 Å². The molecule has 1 atom stereocenters.